The molecule has 3 nitrogen and oxygen atoms in total. The summed E-state index contributed by atoms with van der Waals surface area (Å²) in [6.45, 7) is 2.34. The molecular formula is C12H14Cl2N2OS. The maximum Gasteiger partial charge on any atom is 0.253 e. The van der Waals surface area contributed by atoms with Crippen LogP contribution in [-0.4, -0.2) is 29.4 Å². The molecule has 0 aliphatic rings. The summed E-state index contributed by atoms with van der Waals surface area (Å²) in [5.74, 6) is -0.173. The van der Waals surface area contributed by atoms with E-state index in [4.69, 9.17) is 41.2 Å². The number of nitrogens with zero attached hydrogens (tertiary/aromatic N) is 1. The Morgan fingerprint density at radius 3 is 2.56 bits per heavy atom. The lowest BCUT2D eigenvalue weighted by Gasteiger charge is -2.21. The van der Waals surface area contributed by atoms with E-state index in [1.54, 1.807) is 30.1 Å². The molecule has 1 aromatic carbocycles. The zero-order valence-corrected chi connectivity index (χ0v) is 12.4. The highest BCUT2D eigenvalue weighted by molar-refractivity contribution is 7.80. The van der Waals surface area contributed by atoms with E-state index in [0.29, 0.717) is 27.1 Å². The SMILES string of the molecule is CC(CN(C)C(=O)c1ccc(Cl)c(Cl)c1)C(N)=S. The summed E-state index contributed by atoms with van der Waals surface area (Å²) in [4.78, 5) is 14.1. The van der Waals surface area contributed by atoms with Crippen molar-refractivity contribution in [1.29, 1.82) is 0 Å². The normalized spacial score (nSPS) is 12.0. The molecule has 0 aliphatic heterocycles. The number of carbonyl (C=O) groups is 1. The summed E-state index contributed by atoms with van der Waals surface area (Å²) in [5, 5.41) is 0.783. The first-order valence-electron chi connectivity index (χ1n) is 5.32. The van der Waals surface area contributed by atoms with E-state index in [0.717, 1.165) is 0 Å². The van der Waals surface area contributed by atoms with Crippen LogP contribution in [0.5, 0.6) is 0 Å². The molecule has 0 saturated heterocycles. The Morgan fingerprint density at radius 2 is 2.06 bits per heavy atom. The second-order valence-electron chi connectivity index (χ2n) is 4.12. The van der Waals surface area contributed by atoms with Gasteiger partial charge in [0.25, 0.3) is 5.91 Å². The van der Waals surface area contributed by atoms with Crippen molar-refractivity contribution in [3.8, 4) is 0 Å². The molecule has 0 saturated carbocycles. The van der Waals surface area contributed by atoms with Crippen LogP contribution in [0.2, 0.25) is 10.0 Å². The van der Waals surface area contributed by atoms with Gasteiger partial charge in [0.15, 0.2) is 0 Å². The van der Waals surface area contributed by atoms with Gasteiger partial charge in [-0.3, -0.25) is 4.79 Å². The van der Waals surface area contributed by atoms with Gasteiger partial charge in [0, 0.05) is 25.1 Å². The van der Waals surface area contributed by atoms with Gasteiger partial charge in [-0.05, 0) is 18.2 Å². The van der Waals surface area contributed by atoms with Crippen LogP contribution in [0.1, 0.15) is 17.3 Å². The molecule has 1 rings (SSSR count). The Kier molecular flexibility index (Phi) is 5.38. The second kappa shape index (κ2) is 6.36. The largest absolute Gasteiger partial charge is 0.393 e. The molecule has 2 N–H and O–H groups in total. The van der Waals surface area contributed by atoms with Crippen LogP contribution >= 0.6 is 35.4 Å². The maximum absolute atomic E-state index is 12.1. The first-order chi connectivity index (χ1) is 8.32. The zero-order chi connectivity index (χ0) is 13.9. The summed E-state index contributed by atoms with van der Waals surface area (Å²) < 4.78 is 0. The van der Waals surface area contributed by atoms with E-state index in [9.17, 15) is 4.79 Å². The fourth-order valence-corrected chi connectivity index (χ4v) is 1.81. The Hall–Kier alpha value is -0.840. The van der Waals surface area contributed by atoms with Gasteiger partial charge in [0.2, 0.25) is 0 Å². The highest BCUT2D eigenvalue weighted by Crippen LogP contribution is 2.23. The van der Waals surface area contributed by atoms with Gasteiger partial charge in [-0.2, -0.15) is 0 Å². The van der Waals surface area contributed by atoms with Crippen molar-refractivity contribution >= 4 is 46.3 Å². The minimum absolute atomic E-state index is 0.0308. The van der Waals surface area contributed by atoms with Gasteiger partial charge >= 0.3 is 0 Å². The Balaban J connectivity index is 2.80. The molecular weight excluding hydrogens is 291 g/mol. The zero-order valence-electron chi connectivity index (χ0n) is 10.1. The third-order valence-corrected chi connectivity index (χ3v) is 3.69. The van der Waals surface area contributed by atoms with Gasteiger partial charge in [-0.25, -0.2) is 0 Å². The number of thiocarbonyl (C=S) groups is 1. The molecule has 1 aromatic rings. The van der Waals surface area contributed by atoms with E-state index < -0.39 is 0 Å². The van der Waals surface area contributed by atoms with Gasteiger partial charge in [-0.1, -0.05) is 42.3 Å². The molecule has 0 heterocycles. The summed E-state index contributed by atoms with van der Waals surface area (Å²) >= 11 is 16.6. The average Bonchev–Trinajstić information content (AvgIpc) is 2.31. The first-order valence-corrected chi connectivity index (χ1v) is 6.49. The number of hydrogen-bond acceptors (Lipinski definition) is 2. The molecule has 6 heteroatoms. The summed E-state index contributed by atoms with van der Waals surface area (Å²) in [6, 6.07) is 4.79. The standard InChI is InChI=1S/C12H14Cl2N2OS/c1-7(11(15)18)6-16(2)12(17)8-3-4-9(13)10(14)5-8/h3-5,7H,6H2,1-2H3,(H2,15,18). The molecule has 18 heavy (non-hydrogen) atoms. The van der Waals surface area contributed by atoms with Crippen molar-refractivity contribution in [3.63, 3.8) is 0 Å². The molecule has 1 atom stereocenters. The van der Waals surface area contributed by atoms with Crippen molar-refractivity contribution < 1.29 is 4.79 Å². The molecule has 98 valence electrons. The van der Waals surface area contributed by atoms with Crippen LogP contribution in [0.25, 0.3) is 0 Å². The van der Waals surface area contributed by atoms with E-state index in [1.807, 2.05) is 6.92 Å². The molecule has 1 amide bonds. The lowest BCUT2D eigenvalue weighted by molar-refractivity contribution is 0.0787. The van der Waals surface area contributed by atoms with Crippen LogP contribution in [0.15, 0.2) is 18.2 Å². The van der Waals surface area contributed by atoms with Crippen molar-refractivity contribution in [3.05, 3.63) is 33.8 Å². The molecule has 0 bridgehead atoms. The Labute approximate surface area is 122 Å². The second-order valence-corrected chi connectivity index (χ2v) is 5.40. The fraction of sp³-hybridized carbons (Fsp3) is 0.333. The fourth-order valence-electron chi connectivity index (χ4n) is 1.43. The van der Waals surface area contributed by atoms with Crippen LogP contribution < -0.4 is 5.73 Å². The summed E-state index contributed by atoms with van der Waals surface area (Å²) in [7, 11) is 1.69. The Bertz CT molecular complexity index is 479. The van der Waals surface area contributed by atoms with Crippen molar-refractivity contribution in [2.24, 2.45) is 11.7 Å². The third-order valence-electron chi connectivity index (χ3n) is 2.55. The topological polar surface area (TPSA) is 46.3 Å². The summed E-state index contributed by atoms with van der Waals surface area (Å²) in [6.07, 6.45) is 0. The number of rotatable bonds is 4. The average molecular weight is 305 g/mol. The molecule has 0 fully saturated rings. The smallest absolute Gasteiger partial charge is 0.253 e. The molecule has 0 aliphatic carbocycles. The van der Waals surface area contributed by atoms with Gasteiger partial charge < -0.3 is 10.6 Å². The summed E-state index contributed by atoms with van der Waals surface area (Å²) in [5.41, 5.74) is 6.01. The number of amides is 1. The Morgan fingerprint density at radius 1 is 1.44 bits per heavy atom. The van der Waals surface area contributed by atoms with Gasteiger partial charge in [0.1, 0.15) is 0 Å². The molecule has 0 radical (unpaired) electrons. The number of carbonyl (C=O) groups excluding carboxylic acids is 1. The third kappa shape index (κ3) is 3.83. The van der Waals surface area contributed by atoms with Crippen molar-refractivity contribution in [2.45, 2.75) is 6.92 Å². The van der Waals surface area contributed by atoms with Gasteiger partial charge in [-0.15, -0.1) is 0 Å². The molecule has 1 unspecified atom stereocenters. The molecule has 0 spiro atoms. The lowest BCUT2D eigenvalue weighted by atomic mass is 10.1. The quantitative estimate of drug-likeness (QED) is 0.870. The predicted molar refractivity (Wildman–Crippen MR) is 79.4 cm³/mol. The first kappa shape index (κ1) is 15.2. The van der Waals surface area contributed by atoms with Crippen molar-refractivity contribution in [1.82, 2.24) is 4.90 Å². The van der Waals surface area contributed by atoms with E-state index in [2.05, 4.69) is 0 Å². The number of halogens is 2. The van der Waals surface area contributed by atoms with E-state index in [-0.39, 0.29) is 11.8 Å². The lowest BCUT2D eigenvalue weighted by Crippen LogP contribution is -2.35. The van der Waals surface area contributed by atoms with Gasteiger partial charge in [0.05, 0.1) is 15.0 Å². The van der Waals surface area contributed by atoms with E-state index in [1.165, 1.54) is 0 Å². The predicted octanol–water partition coefficient (Wildman–Crippen LogP) is 2.99. The monoisotopic (exact) mass is 304 g/mol. The van der Waals surface area contributed by atoms with Crippen LogP contribution in [0, 0.1) is 5.92 Å². The van der Waals surface area contributed by atoms with Crippen LogP contribution in [0.4, 0.5) is 0 Å². The number of hydrogen-bond donors (Lipinski definition) is 1. The highest BCUT2D eigenvalue weighted by Gasteiger charge is 2.16. The van der Waals surface area contributed by atoms with Crippen LogP contribution in [0.3, 0.4) is 0 Å². The molecule has 0 aromatic heterocycles. The number of nitrogens with two attached hydrogens (primary N) is 1. The van der Waals surface area contributed by atoms with Crippen LogP contribution in [-0.2, 0) is 0 Å². The van der Waals surface area contributed by atoms with Crippen molar-refractivity contribution in [2.75, 3.05) is 13.6 Å². The minimum atomic E-state index is -0.142. The highest BCUT2D eigenvalue weighted by atomic mass is 35.5. The number of benzene rings is 1. The van der Waals surface area contributed by atoms with E-state index >= 15 is 0 Å². The minimum Gasteiger partial charge on any atom is -0.393 e. The maximum atomic E-state index is 12.1.